The van der Waals surface area contributed by atoms with Crippen LogP contribution >= 0.6 is 0 Å². The molecule has 0 bridgehead atoms. The molecule has 1 aliphatic heterocycles. The summed E-state index contributed by atoms with van der Waals surface area (Å²) in [6.45, 7) is 20.1. The molecule has 4 saturated carbocycles. The Balaban J connectivity index is 1.32. The lowest BCUT2D eigenvalue weighted by molar-refractivity contribution is -0.227. The van der Waals surface area contributed by atoms with E-state index in [9.17, 15) is 24.9 Å². The number of aliphatic hydroxyl groups excluding tert-OH is 2. The lowest BCUT2D eigenvalue weighted by atomic mass is 9.33. The van der Waals surface area contributed by atoms with Crippen molar-refractivity contribution in [3.05, 3.63) is 34.9 Å². The second-order valence-corrected chi connectivity index (χ2v) is 18.4. The Bertz CT molecular complexity index is 1400. The lowest BCUT2D eigenvalue weighted by Crippen LogP contribution is -2.68. The Morgan fingerprint density at radius 2 is 1.66 bits per heavy atom. The summed E-state index contributed by atoms with van der Waals surface area (Å²) < 4.78 is 12.0. The molecule has 0 aromatic heterocycles. The van der Waals surface area contributed by atoms with E-state index in [4.69, 9.17) is 9.47 Å². The summed E-state index contributed by atoms with van der Waals surface area (Å²) in [6.07, 6.45) is 10.5. The summed E-state index contributed by atoms with van der Waals surface area (Å²) in [5.41, 5.74) is 0.366. The topological polar surface area (TPSA) is 113 Å². The SMILES string of the molecule is C/C=C1\CO[C@@H](/C=C(\C)C(=O)O[C@H]2C[C@]3(C(=O)O)[C@H](O)C[C@]4(C)C(=CC[C@@H]5[C@@]6(C)CC[C@H](O)C(C)(C)[C@@H]6CC[C@]54C)[C@@H]3CC2(C)C)C1. The highest BCUT2D eigenvalue weighted by Crippen LogP contribution is 2.75. The monoisotopic (exact) mass is 652 g/mol. The van der Waals surface area contributed by atoms with Crippen LogP contribution in [0.25, 0.3) is 0 Å². The number of fused-ring (bicyclic) bond motifs is 7. The van der Waals surface area contributed by atoms with Crippen LogP contribution in [0.5, 0.6) is 0 Å². The maximum atomic E-state index is 13.5. The fraction of sp³-hybridized carbons (Fsp3) is 0.800. The average Bonchev–Trinajstić information content (AvgIpc) is 3.43. The second kappa shape index (κ2) is 11.3. The molecule has 0 unspecified atom stereocenters. The van der Waals surface area contributed by atoms with Gasteiger partial charge < -0.3 is 24.8 Å². The first-order chi connectivity index (χ1) is 21.8. The third-order valence-corrected chi connectivity index (χ3v) is 15.6. The van der Waals surface area contributed by atoms with Crippen LogP contribution in [0.2, 0.25) is 0 Å². The molecule has 5 aliphatic carbocycles. The summed E-state index contributed by atoms with van der Waals surface area (Å²) in [6, 6.07) is 0. The highest BCUT2D eigenvalue weighted by molar-refractivity contribution is 5.88. The van der Waals surface area contributed by atoms with Gasteiger partial charge in [-0.2, -0.15) is 0 Å². The molecule has 6 rings (SSSR count). The normalized spacial score (nSPS) is 48.0. The van der Waals surface area contributed by atoms with Gasteiger partial charge in [0.15, 0.2) is 0 Å². The van der Waals surface area contributed by atoms with Crippen molar-refractivity contribution in [1.82, 2.24) is 0 Å². The first kappa shape index (κ1) is 34.9. The van der Waals surface area contributed by atoms with Crippen molar-refractivity contribution in [2.24, 2.45) is 50.2 Å². The van der Waals surface area contributed by atoms with E-state index < -0.39 is 35.0 Å². The first-order valence-corrected chi connectivity index (χ1v) is 18.2. The number of hydrogen-bond acceptors (Lipinski definition) is 6. The maximum Gasteiger partial charge on any atom is 0.333 e. The highest BCUT2D eigenvalue weighted by atomic mass is 16.5. The van der Waals surface area contributed by atoms with Gasteiger partial charge in [-0.05, 0) is 110 Å². The van der Waals surface area contributed by atoms with Crippen LogP contribution in [0, 0.1) is 50.2 Å². The fourth-order valence-electron chi connectivity index (χ4n) is 12.3. The van der Waals surface area contributed by atoms with Gasteiger partial charge in [-0.1, -0.05) is 66.2 Å². The number of allylic oxidation sites excluding steroid dienone is 3. The van der Waals surface area contributed by atoms with Crippen LogP contribution in [0.15, 0.2) is 34.9 Å². The third-order valence-electron chi connectivity index (χ3n) is 15.6. The molecule has 262 valence electrons. The van der Waals surface area contributed by atoms with Gasteiger partial charge in [0.2, 0.25) is 0 Å². The number of rotatable bonds is 4. The zero-order valence-corrected chi connectivity index (χ0v) is 30.3. The molecule has 1 saturated heterocycles. The van der Waals surface area contributed by atoms with Crippen LogP contribution in [0.3, 0.4) is 0 Å². The van der Waals surface area contributed by atoms with E-state index in [-0.39, 0.29) is 46.2 Å². The Labute approximate surface area is 282 Å². The standard InChI is InChI=1S/C40H60O7/c1-10-24-18-25(46-22-24)17-23(2)33(43)47-32-21-40(34(44)45)27(19-35(32,3)4)26-11-12-29-37(7)15-14-30(41)36(5,6)28(37)13-16-38(29,8)39(26,9)20-31(40)42/h10-11,17,25,27-32,41-42H,12-16,18-22H2,1-9H3,(H,44,45)/b23-17+,24-10-/t25-,27-,28-,29+,30-,31+,32-,37-,38+,39+,40+/m0/s1. The zero-order valence-electron chi connectivity index (χ0n) is 30.3. The van der Waals surface area contributed by atoms with Gasteiger partial charge in [0.05, 0.1) is 24.9 Å². The molecule has 5 fully saturated rings. The van der Waals surface area contributed by atoms with Crippen molar-refractivity contribution >= 4 is 11.9 Å². The number of esters is 1. The largest absolute Gasteiger partial charge is 0.481 e. The number of carboxylic acids is 1. The van der Waals surface area contributed by atoms with E-state index >= 15 is 0 Å². The smallest absolute Gasteiger partial charge is 0.333 e. The number of aliphatic carboxylic acids is 1. The van der Waals surface area contributed by atoms with E-state index in [1.165, 1.54) is 11.1 Å². The summed E-state index contributed by atoms with van der Waals surface area (Å²) in [4.78, 5) is 26.9. The Hall–Kier alpha value is -1.96. The van der Waals surface area contributed by atoms with Crippen LogP contribution in [-0.4, -0.2) is 58.3 Å². The minimum Gasteiger partial charge on any atom is -0.481 e. The Kier molecular flexibility index (Phi) is 8.37. The Morgan fingerprint density at radius 1 is 0.957 bits per heavy atom. The average molecular weight is 653 g/mol. The molecule has 1 heterocycles. The summed E-state index contributed by atoms with van der Waals surface area (Å²) in [5, 5.41) is 34.3. The van der Waals surface area contributed by atoms with E-state index in [1.54, 1.807) is 6.92 Å². The molecule has 6 aliphatic rings. The predicted molar refractivity (Wildman–Crippen MR) is 181 cm³/mol. The van der Waals surface area contributed by atoms with Crippen molar-refractivity contribution in [3.63, 3.8) is 0 Å². The number of aliphatic hydroxyl groups is 2. The summed E-state index contributed by atoms with van der Waals surface area (Å²) in [5.74, 6) is -1.01. The quantitative estimate of drug-likeness (QED) is 0.165. The van der Waals surface area contributed by atoms with Crippen molar-refractivity contribution in [2.45, 2.75) is 145 Å². The van der Waals surface area contributed by atoms with Crippen LogP contribution < -0.4 is 0 Å². The van der Waals surface area contributed by atoms with Crippen molar-refractivity contribution in [1.29, 1.82) is 0 Å². The number of carboxylic acid groups (broad SMARTS) is 1. The number of hydrogen-bond donors (Lipinski definition) is 3. The predicted octanol–water partition coefficient (Wildman–Crippen LogP) is 7.41. The van der Waals surface area contributed by atoms with E-state index in [1.807, 2.05) is 19.1 Å². The molecule has 11 atom stereocenters. The molecule has 0 spiro atoms. The van der Waals surface area contributed by atoms with Crippen LogP contribution in [0.1, 0.15) is 120 Å². The van der Waals surface area contributed by atoms with E-state index in [0.717, 1.165) is 38.5 Å². The molecule has 47 heavy (non-hydrogen) atoms. The van der Waals surface area contributed by atoms with Gasteiger partial charge in [0.25, 0.3) is 0 Å². The maximum absolute atomic E-state index is 13.5. The zero-order chi connectivity index (χ0) is 34.5. The Morgan fingerprint density at radius 3 is 2.30 bits per heavy atom. The highest BCUT2D eigenvalue weighted by Gasteiger charge is 2.72. The van der Waals surface area contributed by atoms with Crippen molar-refractivity contribution < 1.29 is 34.4 Å². The molecular weight excluding hydrogens is 592 g/mol. The molecule has 0 aromatic rings. The van der Waals surface area contributed by atoms with Gasteiger partial charge >= 0.3 is 11.9 Å². The van der Waals surface area contributed by atoms with Gasteiger partial charge in [-0.3, -0.25) is 4.79 Å². The molecule has 7 nitrogen and oxygen atoms in total. The first-order valence-electron chi connectivity index (χ1n) is 18.2. The molecule has 0 radical (unpaired) electrons. The molecule has 0 amide bonds. The van der Waals surface area contributed by atoms with E-state index in [0.29, 0.717) is 36.9 Å². The minimum atomic E-state index is -1.43. The molecule has 3 N–H and O–H groups in total. The van der Waals surface area contributed by atoms with Gasteiger partial charge in [0.1, 0.15) is 11.5 Å². The third kappa shape index (κ3) is 4.90. The van der Waals surface area contributed by atoms with Crippen molar-refractivity contribution in [2.75, 3.05) is 6.61 Å². The second-order valence-electron chi connectivity index (χ2n) is 18.4. The molecule has 7 heteroatoms. The number of carbonyl (C=O) groups is 2. The van der Waals surface area contributed by atoms with Crippen molar-refractivity contribution in [3.8, 4) is 0 Å². The fourth-order valence-corrected chi connectivity index (χ4v) is 12.3. The minimum absolute atomic E-state index is 0.0570. The van der Waals surface area contributed by atoms with E-state index in [2.05, 4.69) is 54.5 Å². The molecular formula is C40H60O7. The number of carbonyl (C=O) groups excluding carboxylic acids is 1. The number of ether oxygens (including phenoxy) is 2. The van der Waals surface area contributed by atoms with Gasteiger partial charge in [0, 0.05) is 23.8 Å². The van der Waals surface area contributed by atoms with Crippen LogP contribution in [0.4, 0.5) is 0 Å². The van der Waals surface area contributed by atoms with Gasteiger partial charge in [-0.15, -0.1) is 0 Å². The molecule has 0 aromatic carbocycles. The summed E-state index contributed by atoms with van der Waals surface area (Å²) >= 11 is 0. The lowest BCUT2D eigenvalue weighted by Gasteiger charge is -2.71. The van der Waals surface area contributed by atoms with Gasteiger partial charge in [-0.25, -0.2) is 4.79 Å². The van der Waals surface area contributed by atoms with Crippen LogP contribution in [-0.2, 0) is 19.1 Å². The summed E-state index contributed by atoms with van der Waals surface area (Å²) in [7, 11) is 0.